The summed E-state index contributed by atoms with van der Waals surface area (Å²) in [4.78, 5) is 4.32. The van der Waals surface area contributed by atoms with Crippen LogP contribution in [0.15, 0.2) is 54.9 Å². The van der Waals surface area contributed by atoms with Gasteiger partial charge in [-0.1, -0.05) is 52.2 Å². The van der Waals surface area contributed by atoms with Crippen molar-refractivity contribution in [1.82, 2.24) is 5.32 Å². The second-order valence-electron chi connectivity index (χ2n) is 7.45. The first kappa shape index (κ1) is 20.5. The third kappa shape index (κ3) is 4.96. The van der Waals surface area contributed by atoms with Crippen LogP contribution in [0.3, 0.4) is 0 Å². The van der Waals surface area contributed by atoms with E-state index in [0.29, 0.717) is 17.3 Å². The lowest BCUT2D eigenvalue weighted by atomic mass is 9.60. The molecule has 2 nitrogen and oxygen atoms in total. The normalized spacial score (nSPS) is 27.4. The molecule has 0 aromatic carbocycles. The third-order valence-corrected chi connectivity index (χ3v) is 6.05. The summed E-state index contributed by atoms with van der Waals surface area (Å²) in [5.74, 6) is 0. The van der Waals surface area contributed by atoms with E-state index in [2.05, 4.69) is 57.4 Å². The van der Waals surface area contributed by atoms with Crippen LogP contribution in [0.4, 0.5) is 0 Å². The monoisotopic (exact) mass is 328 g/mol. The van der Waals surface area contributed by atoms with Gasteiger partial charge >= 0.3 is 0 Å². The van der Waals surface area contributed by atoms with E-state index < -0.39 is 0 Å². The van der Waals surface area contributed by atoms with E-state index >= 15 is 0 Å². The fraction of sp³-hybridized carbons (Fsp3) is 0.591. The number of hydrogen-bond donors (Lipinski definition) is 1. The summed E-state index contributed by atoms with van der Waals surface area (Å²) in [6, 6.07) is 0. The smallest absolute Gasteiger partial charge is 0.0665 e. The van der Waals surface area contributed by atoms with Crippen molar-refractivity contribution < 1.29 is 0 Å². The van der Waals surface area contributed by atoms with Crippen molar-refractivity contribution in [3.05, 3.63) is 49.9 Å². The Kier molecular flexibility index (Phi) is 7.72. The molecule has 1 aliphatic rings. The van der Waals surface area contributed by atoms with Crippen LogP contribution in [-0.2, 0) is 0 Å². The van der Waals surface area contributed by atoms with Gasteiger partial charge < -0.3 is 5.32 Å². The van der Waals surface area contributed by atoms with Crippen molar-refractivity contribution in [1.29, 1.82) is 0 Å². The number of nitrogens with one attached hydrogen (secondary N) is 1. The molecule has 0 heterocycles. The molecule has 134 valence electrons. The molecule has 1 saturated carbocycles. The van der Waals surface area contributed by atoms with E-state index in [-0.39, 0.29) is 0 Å². The van der Waals surface area contributed by atoms with Crippen molar-refractivity contribution in [3.8, 4) is 0 Å². The van der Waals surface area contributed by atoms with Gasteiger partial charge in [-0.05, 0) is 49.4 Å². The summed E-state index contributed by atoms with van der Waals surface area (Å²) in [5, 5.41) is 3.54. The fourth-order valence-electron chi connectivity index (χ4n) is 3.66. The second-order valence-corrected chi connectivity index (χ2v) is 7.45. The van der Waals surface area contributed by atoms with Gasteiger partial charge in [0.1, 0.15) is 0 Å². The first-order chi connectivity index (χ1) is 11.4. The molecule has 0 spiro atoms. The van der Waals surface area contributed by atoms with Crippen LogP contribution in [-0.4, -0.2) is 12.3 Å². The van der Waals surface area contributed by atoms with Gasteiger partial charge in [-0.25, -0.2) is 0 Å². The average Bonchev–Trinajstić information content (AvgIpc) is 2.60. The van der Waals surface area contributed by atoms with Crippen molar-refractivity contribution >= 4 is 5.71 Å². The molecule has 0 aromatic heterocycles. The molecule has 0 amide bonds. The topological polar surface area (TPSA) is 24.4 Å². The lowest BCUT2D eigenvalue weighted by Gasteiger charge is -2.46. The van der Waals surface area contributed by atoms with E-state index in [1.165, 1.54) is 37.7 Å². The number of nitrogens with zero attached hydrogens (tertiary/aromatic N) is 1. The van der Waals surface area contributed by atoms with Crippen LogP contribution >= 0.6 is 0 Å². The Morgan fingerprint density at radius 1 is 1.12 bits per heavy atom. The standard InChI is InChI=1S/C22H36N2/c1-8-12-20(23-11-4)19(6)24-17-22(10-3)15-13-21(7,14-16-22)18(5)9-2/h8,11,24H,1,4-6,9-10,12-17H2,2-3,7H3. The predicted molar refractivity (Wildman–Crippen MR) is 108 cm³/mol. The van der Waals surface area contributed by atoms with Crippen LogP contribution in [0.5, 0.6) is 0 Å². The minimum absolute atomic E-state index is 0.322. The first-order valence-electron chi connectivity index (χ1n) is 9.26. The van der Waals surface area contributed by atoms with Crippen molar-refractivity contribution in [3.63, 3.8) is 0 Å². The Hall–Kier alpha value is -1.57. The molecular weight excluding hydrogens is 292 g/mol. The first-order valence-corrected chi connectivity index (χ1v) is 9.26. The van der Waals surface area contributed by atoms with Crippen LogP contribution < -0.4 is 5.32 Å². The Balaban J connectivity index is 2.70. The van der Waals surface area contributed by atoms with Crippen LogP contribution in [0.2, 0.25) is 0 Å². The molecule has 2 heteroatoms. The van der Waals surface area contributed by atoms with E-state index in [1.807, 2.05) is 6.08 Å². The summed E-state index contributed by atoms with van der Waals surface area (Å²) in [6.07, 6.45) is 11.4. The highest BCUT2D eigenvalue weighted by atomic mass is 14.9. The van der Waals surface area contributed by atoms with E-state index in [0.717, 1.165) is 24.4 Å². The second kappa shape index (κ2) is 9.05. The summed E-state index contributed by atoms with van der Waals surface area (Å²) >= 11 is 0. The van der Waals surface area contributed by atoms with Gasteiger partial charge in [-0.15, -0.1) is 6.58 Å². The lowest BCUT2D eigenvalue weighted by molar-refractivity contribution is 0.107. The van der Waals surface area contributed by atoms with Crippen molar-refractivity contribution in [2.75, 3.05) is 6.54 Å². The predicted octanol–water partition coefficient (Wildman–Crippen LogP) is 6.19. The number of rotatable bonds is 10. The Morgan fingerprint density at radius 3 is 2.21 bits per heavy atom. The summed E-state index contributed by atoms with van der Waals surface area (Å²) < 4.78 is 0. The van der Waals surface area contributed by atoms with Crippen LogP contribution in [0.1, 0.15) is 65.7 Å². The minimum atomic E-state index is 0.322. The van der Waals surface area contributed by atoms with Gasteiger partial charge in [0, 0.05) is 24.9 Å². The maximum Gasteiger partial charge on any atom is 0.0665 e. The quantitative estimate of drug-likeness (QED) is 0.375. The van der Waals surface area contributed by atoms with Gasteiger partial charge in [0.15, 0.2) is 0 Å². The Morgan fingerprint density at radius 2 is 1.75 bits per heavy atom. The van der Waals surface area contributed by atoms with E-state index in [1.54, 1.807) is 6.20 Å². The van der Waals surface area contributed by atoms with E-state index in [4.69, 9.17) is 0 Å². The lowest BCUT2D eigenvalue weighted by Crippen LogP contribution is -2.40. The Bertz CT molecular complexity index is 502. The SMILES string of the molecule is C=CCC(=NC=C)C(=C)NCC1(CC)CCC(C)(C(=C)CC)CC1. The zero-order valence-corrected chi connectivity index (χ0v) is 16.1. The summed E-state index contributed by atoms with van der Waals surface area (Å²) in [5.41, 5.74) is 3.91. The summed E-state index contributed by atoms with van der Waals surface area (Å²) in [7, 11) is 0. The molecule has 0 saturated heterocycles. The molecular formula is C22H36N2. The van der Waals surface area contributed by atoms with Crippen LogP contribution in [0, 0.1) is 10.8 Å². The van der Waals surface area contributed by atoms with E-state index in [9.17, 15) is 0 Å². The Labute approximate surface area is 149 Å². The van der Waals surface area contributed by atoms with Gasteiger partial charge in [0.2, 0.25) is 0 Å². The zero-order chi connectivity index (χ0) is 18.2. The molecule has 0 aliphatic heterocycles. The van der Waals surface area contributed by atoms with Crippen molar-refractivity contribution in [2.45, 2.75) is 65.7 Å². The third-order valence-electron chi connectivity index (χ3n) is 6.05. The highest BCUT2D eigenvalue weighted by Crippen LogP contribution is 2.50. The molecule has 0 bridgehead atoms. The number of aliphatic imine (C=N–C) groups is 1. The van der Waals surface area contributed by atoms with Gasteiger partial charge in [-0.3, -0.25) is 4.99 Å². The summed E-state index contributed by atoms with van der Waals surface area (Å²) in [6.45, 7) is 23.8. The van der Waals surface area contributed by atoms with Gasteiger partial charge in [0.05, 0.1) is 5.71 Å². The molecule has 0 aromatic rings. The maximum atomic E-state index is 4.32. The molecule has 0 unspecified atom stereocenters. The molecule has 1 N–H and O–H groups in total. The zero-order valence-electron chi connectivity index (χ0n) is 16.1. The molecule has 1 fully saturated rings. The molecule has 0 atom stereocenters. The largest absolute Gasteiger partial charge is 0.383 e. The van der Waals surface area contributed by atoms with Crippen LogP contribution in [0.25, 0.3) is 0 Å². The fourth-order valence-corrected chi connectivity index (χ4v) is 3.66. The molecule has 24 heavy (non-hydrogen) atoms. The van der Waals surface area contributed by atoms with Gasteiger partial charge in [-0.2, -0.15) is 0 Å². The minimum Gasteiger partial charge on any atom is -0.383 e. The average molecular weight is 329 g/mol. The maximum absolute atomic E-state index is 4.32. The molecule has 1 rings (SSSR count). The number of hydrogen-bond acceptors (Lipinski definition) is 2. The highest BCUT2D eigenvalue weighted by Gasteiger charge is 2.40. The number of allylic oxidation sites excluding steroid dienone is 3. The highest BCUT2D eigenvalue weighted by molar-refractivity contribution is 6.00. The van der Waals surface area contributed by atoms with Crippen molar-refractivity contribution in [2.24, 2.45) is 15.8 Å². The van der Waals surface area contributed by atoms with Gasteiger partial charge in [0.25, 0.3) is 0 Å². The molecule has 1 aliphatic carbocycles. The molecule has 0 radical (unpaired) electrons.